The van der Waals surface area contributed by atoms with Gasteiger partial charge in [-0.2, -0.15) is 0 Å². The maximum atomic E-state index is 5.58. The summed E-state index contributed by atoms with van der Waals surface area (Å²) < 4.78 is 10.9. The zero-order valence-corrected chi connectivity index (χ0v) is 11.9. The van der Waals surface area contributed by atoms with Gasteiger partial charge in [-0.1, -0.05) is 6.42 Å². The molecule has 4 heteroatoms. The van der Waals surface area contributed by atoms with Gasteiger partial charge in [-0.25, -0.2) is 0 Å². The van der Waals surface area contributed by atoms with Crippen molar-refractivity contribution < 1.29 is 9.47 Å². The van der Waals surface area contributed by atoms with Crippen molar-refractivity contribution in [2.24, 2.45) is 0 Å². The number of piperidine rings is 1. The first-order chi connectivity index (χ1) is 9.33. The molecule has 0 spiro atoms. The van der Waals surface area contributed by atoms with Crippen LogP contribution in [-0.4, -0.2) is 32.8 Å². The summed E-state index contributed by atoms with van der Waals surface area (Å²) in [5.41, 5.74) is 1.08. The molecule has 1 saturated heterocycles. The highest BCUT2D eigenvalue weighted by atomic mass is 16.5. The fraction of sp³-hybridized carbons (Fsp3) is 0.600. The zero-order valence-electron chi connectivity index (χ0n) is 11.9. The molecule has 1 aliphatic rings. The van der Waals surface area contributed by atoms with Crippen molar-refractivity contribution in [1.82, 2.24) is 5.32 Å². The Morgan fingerprint density at radius 3 is 2.89 bits per heavy atom. The van der Waals surface area contributed by atoms with Crippen molar-refractivity contribution in [3.63, 3.8) is 0 Å². The number of hydrogen-bond donors (Lipinski definition) is 2. The van der Waals surface area contributed by atoms with Crippen LogP contribution in [0.15, 0.2) is 18.2 Å². The predicted molar refractivity (Wildman–Crippen MR) is 78.3 cm³/mol. The van der Waals surface area contributed by atoms with Crippen molar-refractivity contribution in [3.8, 4) is 11.5 Å². The maximum absolute atomic E-state index is 5.58. The van der Waals surface area contributed by atoms with E-state index in [1.807, 2.05) is 25.1 Å². The van der Waals surface area contributed by atoms with Crippen LogP contribution in [0.5, 0.6) is 11.5 Å². The van der Waals surface area contributed by atoms with E-state index in [0.717, 1.165) is 30.3 Å². The lowest BCUT2D eigenvalue weighted by Crippen LogP contribution is -2.39. The molecule has 2 rings (SSSR count). The van der Waals surface area contributed by atoms with Gasteiger partial charge in [0.25, 0.3) is 0 Å². The van der Waals surface area contributed by atoms with Gasteiger partial charge in [-0.05, 0) is 38.4 Å². The van der Waals surface area contributed by atoms with E-state index in [-0.39, 0.29) is 0 Å². The summed E-state index contributed by atoms with van der Waals surface area (Å²) in [6, 6.07) is 6.56. The molecule has 19 heavy (non-hydrogen) atoms. The summed E-state index contributed by atoms with van der Waals surface area (Å²) in [6.45, 7) is 4.71. The Hall–Kier alpha value is -1.42. The van der Waals surface area contributed by atoms with Crippen LogP contribution >= 0.6 is 0 Å². The van der Waals surface area contributed by atoms with Gasteiger partial charge in [-0.3, -0.25) is 0 Å². The number of methoxy groups -OCH3 is 1. The van der Waals surface area contributed by atoms with Crippen LogP contribution in [0.25, 0.3) is 0 Å². The summed E-state index contributed by atoms with van der Waals surface area (Å²) in [4.78, 5) is 0. The number of rotatable bonds is 6. The second-order valence-corrected chi connectivity index (χ2v) is 4.83. The van der Waals surface area contributed by atoms with Gasteiger partial charge in [0.2, 0.25) is 0 Å². The Morgan fingerprint density at radius 2 is 2.21 bits per heavy atom. The van der Waals surface area contributed by atoms with E-state index in [4.69, 9.17) is 9.47 Å². The van der Waals surface area contributed by atoms with Crippen LogP contribution < -0.4 is 20.1 Å². The van der Waals surface area contributed by atoms with Crippen molar-refractivity contribution in [3.05, 3.63) is 18.2 Å². The molecular weight excluding hydrogens is 240 g/mol. The molecule has 0 amide bonds. The summed E-state index contributed by atoms with van der Waals surface area (Å²) >= 11 is 0. The molecule has 4 nitrogen and oxygen atoms in total. The van der Waals surface area contributed by atoms with Gasteiger partial charge in [0.15, 0.2) is 11.5 Å². The highest BCUT2D eigenvalue weighted by molar-refractivity contribution is 5.54. The molecule has 0 aromatic heterocycles. The number of hydrogen-bond acceptors (Lipinski definition) is 4. The maximum Gasteiger partial charge on any atom is 0.163 e. The second-order valence-electron chi connectivity index (χ2n) is 4.83. The standard InChI is InChI=1S/C15H24N2O2/c1-3-19-15-10-12(7-8-14(15)18-2)17-11-13-6-4-5-9-16-13/h7-8,10,13,16-17H,3-6,9,11H2,1-2H3. The number of benzene rings is 1. The quantitative estimate of drug-likeness (QED) is 0.829. The SMILES string of the molecule is CCOc1cc(NCC2CCCCN2)ccc1OC. The minimum Gasteiger partial charge on any atom is -0.493 e. The van der Waals surface area contributed by atoms with Crippen molar-refractivity contribution >= 4 is 5.69 Å². The molecular formula is C15H24N2O2. The van der Waals surface area contributed by atoms with Gasteiger partial charge in [-0.15, -0.1) is 0 Å². The lowest BCUT2D eigenvalue weighted by Gasteiger charge is -2.24. The molecule has 1 unspecified atom stereocenters. The molecule has 0 bridgehead atoms. The summed E-state index contributed by atoms with van der Waals surface area (Å²) in [6.07, 6.45) is 3.88. The fourth-order valence-corrected chi connectivity index (χ4v) is 2.39. The van der Waals surface area contributed by atoms with Crippen LogP contribution in [-0.2, 0) is 0 Å². The Balaban J connectivity index is 1.93. The second kappa shape index (κ2) is 7.24. The number of nitrogens with one attached hydrogen (secondary N) is 2. The van der Waals surface area contributed by atoms with Crippen molar-refractivity contribution in [2.75, 3.05) is 32.1 Å². The van der Waals surface area contributed by atoms with Gasteiger partial charge in [0, 0.05) is 24.3 Å². The molecule has 0 aliphatic carbocycles. The van der Waals surface area contributed by atoms with Crippen LogP contribution in [0, 0.1) is 0 Å². The normalized spacial score (nSPS) is 18.9. The largest absolute Gasteiger partial charge is 0.493 e. The average Bonchev–Trinajstić information content (AvgIpc) is 2.47. The highest BCUT2D eigenvalue weighted by Crippen LogP contribution is 2.30. The zero-order chi connectivity index (χ0) is 13.5. The van der Waals surface area contributed by atoms with E-state index in [1.54, 1.807) is 7.11 Å². The average molecular weight is 264 g/mol. The molecule has 106 valence electrons. The molecule has 2 N–H and O–H groups in total. The third-order valence-electron chi connectivity index (χ3n) is 3.43. The van der Waals surface area contributed by atoms with E-state index in [2.05, 4.69) is 10.6 Å². The van der Waals surface area contributed by atoms with Gasteiger partial charge < -0.3 is 20.1 Å². The predicted octanol–water partition coefficient (Wildman–Crippen LogP) is 2.65. The molecule has 1 heterocycles. The molecule has 1 fully saturated rings. The Morgan fingerprint density at radius 1 is 1.32 bits per heavy atom. The first-order valence-corrected chi connectivity index (χ1v) is 7.11. The Kier molecular flexibility index (Phi) is 5.33. The van der Waals surface area contributed by atoms with Gasteiger partial charge in [0.1, 0.15) is 0 Å². The number of anilines is 1. The molecule has 0 saturated carbocycles. The summed E-state index contributed by atoms with van der Waals surface area (Å²) in [7, 11) is 1.66. The third-order valence-corrected chi connectivity index (χ3v) is 3.43. The topological polar surface area (TPSA) is 42.5 Å². The lowest BCUT2D eigenvalue weighted by molar-refractivity contribution is 0.311. The number of ether oxygens (including phenoxy) is 2. The Labute approximate surface area is 115 Å². The van der Waals surface area contributed by atoms with Crippen LogP contribution in [0.3, 0.4) is 0 Å². The summed E-state index contributed by atoms with van der Waals surface area (Å²) in [5, 5.41) is 7.00. The van der Waals surface area contributed by atoms with Gasteiger partial charge in [0.05, 0.1) is 13.7 Å². The van der Waals surface area contributed by atoms with Crippen molar-refractivity contribution in [1.29, 1.82) is 0 Å². The minimum absolute atomic E-state index is 0.575. The molecule has 1 aromatic carbocycles. The molecule has 0 radical (unpaired) electrons. The minimum atomic E-state index is 0.575. The van der Waals surface area contributed by atoms with E-state index < -0.39 is 0 Å². The summed E-state index contributed by atoms with van der Waals surface area (Å²) in [5.74, 6) is 1.58. The van der Waals surface area contributed by atoms with E-state index in [1.165, 1.54) is 19.3 Å². The van der Waals surface area contributed by atoms with E-state index in [9.17, 15) is 0 Å². The molecule has 1 atom stereocenters. The van der Waals surface area contributed by atoms with Crippen LogP contribution in [0.2, 0.25) is 0 Å². The van der Waals surface area contributed by atoms with E-state index in [0.29, 0.717) is 12.6 Å². The van der Waals surface area contributed by atoms with Crippen molar-refractivity contribution in [2.45, 2.75) is 32.2 Å². The van der Waals surface area contributed by atoms with Crippen LogP contribution in [0.4, 0.5) is 5.69 Å². The monoisotopic (exact) mass is 264 g/mol. The highest BCUT2D eigenvalue weighted by Gasteiger charge is 2.12. The Bertz CT molecular complexity index is 390. The smallest absolute Gasteiger partial charge is 0.163 e. The third kappa shape index (κ3) is 4.03. The fourth-order valence-electron chi connectivity index (χ4n) is 2.39. The molecule has 1 aliphatic heterocycles. The molecule has 1 aromatic rings. The lowest BCUT2D eigenvalue weighted by atomic mass is 10.1. The van der Waals surface area contributed by atoms with Gasteiger partial charge >= 0.3 is 0 Å². The first-order valence-electron chi connectivity index (χ1n) is 7.11. The van der Waals surface area contributed by atoms with Crippen LogP contribution in [0.1, 0.15) is 26.2 Å². The van der Waals surface area contributed by atoms with E-state index >= 15 is 0 Å². The first kappa shape index (κ1) is 14.0.